The van der Waals surface area contributed by atoms with E-state index in [9.17, 15) is 22.8 Å². The molecule has 5 nitrogen and oxygen atoms in total. The van der Waals surface area contributed by atoms with E-state index in [-0.39, 0.29) is 36.1 Å². The third kappa shape index (κ3) is 5.12. The van der Waals surface area contributed by atoms with Gasteiger partial charge in [0.2, 0.25) is 5.91 Å². The Bertz CT molecular complexity index is 824. The zero-order chi connectivity index (χ0) is 20.4. The van der Waals surface area contributed by atoms with E-state index in [1.165, 1.54) is 30.0 Å². The average Bonchev–Trinajstić information content (AvgIpc) is 2.94. The summed E-state index contributed by atoms with van der Waals surface area (Å²) in [5.41, 5.74) is -0.0555. The van der Waals surface area contributed by atoms with Gasteiger partial charge in [0.15, 0.2) is 0 Å². The van der Waals surface area contributed by atoms with Crippen LogP contribution in [0, 0.1) is 6.92 Å². The Kier molecular flexibility index (Phi) is 5.98. The second-order valence-electron chi connectivity index (χ2n) is 6.46. The molecule has 0 fully saturated rings. The van der Waals surface area contributed by atoms with Crippen molar-refractivity contribution in [3.63, 3.8) is 0 Å². The molecule has 27 heavy (non-hydrogen) atoms. The van der Waals surface area contributed by atoms with Crippen molar-refractivity contribution in [3.8, 4) is 0 Å². The minimum atomic E-state index is -4.40. The zero-order valence-electron chi connectivity index (χ0n) is 15.1. The van der Waals surface area contributed by atoms with Crippen molar-refractivity contribution in [1.29, 1.82) is 0 Å². The van der Waals surface area contributed by atoms with Crippen molar-refractivity contribution in [3.05, 3.63) is 58.5 Å². The highest BCUT2D eigenvalue weighted by Gasteiger charge is 2.30. The van der Waals surface area contributed by atoms with Crippen molar-refractivity contribution in [2.45, 2.75) is 38.9 Å². The fourth-order valence-electron chi connectivity index (χ4n) is 2.69. The highest BCUT2D eigenvalue weighted by molar-refractivity contribution is 5.88. The van der Waals surface area contributed by atoms with Gasteiger partial charge in [-0.3, -0.25) is 4.79 Å². The maximum Gasteiger partial charge on any atom is 0.416 e. The standard InChI is InChI=1S/C19H20F3NO4/c1-11(13-4-6-14(7-5-13)19(20,21)22)8-17(24)23(3)10-15-9-16(18(25)26)12(2)27-15/h4-7,9,11H,8,10H2,1-3H3,(H,25,26). The van der Waals surface area contributed by atoms with Crippen LogP contribution in [0.5, 0.6) is 0 Å². The number of aryl methyl sites for hydroxylation is 1. The van der Waals surface area contributed by atoms with E-state index in [1.54, 1.807) is 14.0 Å². The topological polar surface area (TPSA) is 70.8 Å². The maximum absolute atomic E-state index is 12.6. The normalized spacial score (nSPS) is 12.7. The average molecular weight is 383 g/mol. The SMILES string of the molecule is Cc1oc(CN(C)C(=O)CC(C)c2ccc(C(F)(F)F)cc2)cc1C(=O)O. The molecule has 1 amide bonds. The summed E-state index contributed by atoms with van der Waals surface area (Å²) in [6, 6.07) is 6.12. The van der Waals surface area contributed by atoms with Crippen molar-refractivity contribution in [2.24, 2.45) is 0 Å². The number of aromatic carboxylic acids is 1. The van der Waals surface area contributed by atoms with E-state index >= 15 is 0 Å². The Hall–Kier alpha value is -2.77. The first-order valence-corrected chi connectivity index (χ1v) is 8.22. The van der Waals surface area contributed by atoms with Gasteiger partial charge < -0.3 is 14.4 Å². The number of rotatable bonds is 6. The summed E-state index contributed by atoms with van der Waals surface area (Å²) < 4.78 is 43.2. The van der Waals surface area contributed by atoms with Crippen LogP contribution in [-0.2, 0) is 17.5 Å². The molecule has 0 aliphatic heterocycles. The highest BCUT2D eigenvalue weighted by atomic mass is 19.4. The Morgan fingerprint density at radius 3 is 2.30 bits per heavy atom. The number of hydrogen-bond acceptors (Lipinski definition) is 3. The van der Waals surface area contributed by atoms with E-state index < -0.39 is 17.7 Å². The highest BCUT2D eigenvalue weighted by Crippen LogP contribution is 2.30. The van der Waals surface area contributed by atoms with E-state index in [0.717, 1.165) is 12.1 Å². The molecule has 1 unspecified atom stereocenters. The molecule has 2 rings (SSSR count). The zero-order valence-corrected chi connectivity index (χ0v) is 15.1. The van der Waals surface area contributed by atoms with E-state index in [0.29, 0.717) is 11.3 Å². The number of carboxylic acids is 1. The molecule has 0 aliphatic rings. The molecule has 0 radical (unpaired) electrons. The van der Waals surface area contributed by atoms with Gasteiger partial charge in [0.25, 0.3) is 0 Å². The third-order valence-corrected chi connectivity index (χ3v) is 4.31. The van der Waals surface area contributed by atoms with Crippen LogP contribution in [0.1, 0.15) is 52.3 Å². The van der Waals surface area contributed by atoms with Crippen LogP contribution in [0.15, 0.2) is 34.7 Å². The van der Waals surface area contributed by atoms with Crippen LogP contribution >= 0.6 is 0 Å². The summed E-state index contributed by atoms with van der Waals surface area (Å²) in [4.78, 5) is 24.8. The summed E-state index contributed by atoms with van der Waals surface area (Å²) in [6.07, 6.45) is -4.29. The predicted octanol–water partition coefficient (Wildman–Crippen LogP) is 4.46. The molecule has 1 N–H and O–H groups in total. The van der Waals surface area contributed by atoms with E-state index in [1.807, 2.05) is 0 Å². The van der Waals surface area contributed by atoms with Crippen molar-refractivity contribution in [2.75, 3.05) is 7.05 Å². The number of hydrogen-bond donors (Lipinski definition) is 1. The van der Waals surface area contributed by atoms with Gasteiger partial charge in [0, 0.05) is 13.5 Å². The second-order valence-corrected chi connectivity index (χ2v) is 6.46. The number of amides is 1. The molecule has 2 aromatic rings. The Labute approximate surface area is 154 Å². The summed E-state index contributed by atoms with van der Waals surface area (Å²) >= 11 is 0. The first-order valence-electron chi connectivity index (χ1n) is 8.22. The quantitative estimate of drug-likeness (QED) is 0.800. The largest absolute Gasteiger partial charge is 0.478 e. The fourth-order valence-corrected chi connectivity index (χ4v) is 2.69. The van der Waals surface area contributed by atoms with Gasteiger partial charge in [0.05, 0.1) is 12.1 Å². The molecule has 146 valence electrons. The van der Waals surface area contributed by atoms with Gasteiger partial charge >= 0.3 is 12.1 Å². The van der Waals surface area contributed by atoms with Crippen LogP contribution in [0.4, 0.5) is 13.2 Å². The molecule has 1 atom stereocenters. The predicted molar refractivity (Wildman–Crippen MR) is 91.4 cm³/mol. The first kappa shape index (κ1) is 20.5. The number of benzene rings is 1. The van der Waals surface area contributed by atoms with Crippen molar-refractivity contribution < 1.29 is 32.3 Å². The Morgan fingerprint density at radius 1 is 1.22 bits per heavy atom. The van der Waals surface area contributed by atoms with Crippen LogP contribution in [0.2, 0.25) is 0 Å². The van der Waals surface area contributed by atoms with Crippen LogP contribution in [0.25, 0.3) is 0 Å². The summed E-state index contributed by atoms with van der Waals surface area (Å²) in [7, 11) is 1.56. The van der Waals surface area contributed by atoms with Gasteiger partial charge in [-0.2, -0.15) is 13.2 Å². The molecule has 8 heteroatoms. The van der Waals surface area contributed by atoms with Gasteiger partial charge in [-0.1, -0.05) is 19.1 Å². The summed E-state index contributed by atoms with van der Waals surface area (Å²) in [5.74, 6) is -0.990. The fraction of sp³-hybridized carbons (Fsp3) is 0.368. The number of halogens is 3. The lowest BCUT2D eigenvalue weighted by atomic mass is 9.96. The Morgan fingerprint density at radius 2 is 1.81 bits per heavy atom. The summed E-state index contributed by atoms with van der Waals surface area (Å²) in [6.45, 7) is 3.39. The van der Waals surface area contributed by atoms with Crippen LogP contribution < -0.4 is 0 Å². The number of carbonyl (C=O) groups is 2. The molecule has 0 aliphatic carbocycles. The first-order chi connectivity index (χ1) is 12.5. The molecule has 0 saturated carbocycles. The van der Waals surface area contributed by atoms with E-state index in [4.69, 9.17) is 9.52 Å². The van der Waals surface area contributed by atoms with E-state index in [2.05, 4.69) is 0 Å². The second kappa shape index (κ2) is 7.85. The number of furan rings is 1. The minimum absolute atomic E-state index is 0.0453. The van der Waals surface area contributed by atoms with Gasteiger partial charge in [-0.25, -0.2) is 4.79 Å². The monoisotopic (exact) mass is 383 g/mol. The molecular formula is C19H20F3NO4. The minimum Gasteiger partial charge on any atom is -0.478 e. The molecule has 1 aromatic carbocycles. The molecule has 1 aromatic heterocycles. The number of nitrogens with zero attached hydrogens (tertiary/aromatic N) is 1. The molecular weight excluding hydrogens is 363 g/mol. The lowest BCUT2D eigenvalue weighted by Crippen LogP contribution is -2.27. The molecule has 1 heterocycles. The maximum atomic E-state index is 12.6. The smallest absolute Gasteiger partial charge is 0.416 e. The lowest BCUT2D eigenvalue weighted by Gasteiger charge is -2.19. The van der Waals surface area contributed by atoms with Crippen LogP contribution in [0.3, 0.4) is 0 Å². The third-order valence-electron chi connectivity index (χ3n) is 4.31. The molecule has 0 bridgehead atoms. The number of alkyl halides is 3. The lowest BCUT2D eigenvalue weighted by molar-refractivity contribution is -0.137. The Balaban J connectivity index is 1.99. The summed E-state index contributed by atoms with van der Waals surface area (Å²) in [5, 5.41) is 9.03. The van der Waals surface area contributed by atoms with Crippen LogP contribution in [-0.4, -0.2) is 28.9 Å². The molecule has 0 saturated heterocycles. The number of carbonyl (C=O) groups excluding carboxylic acids is 1. The van der Waals surface area contributed by atoms with Crippen molar-refractivity contribution in [1.82, 2.24) is 4.90 Å². The van der Waals surface area contributed by atoms with Crippen molar-refractivity contribution >= 4 is 11.9 Å². The number of carboxylic acid groups (broad SMARTS) is 1. The molecule has 0 spiro atoms. The van der Waals surface area contributed by atoms with Gasteiger partial charge in [-0.15, -0.1) is 0 Å². The van der Waals surface area contributed by atoms with Gasteiger partial charge in [-0.05, 0) is 36.6 Å². The van der Waals surface area contributed by atoms with Gasteiger partial charge in [0.1, 0.15) is 17.1 Å².